The lowest BCUT2D eigenvalue weighted by molar-refractivity contribution is 0.155. The second kappa shape index (κ2) is 7.52. The molecule has 1 aromatic heterocycles. The number of fused-ring (bicyclic) bond motifs is 1. The number of H-pyrrole nitrogens is 1. The lowest BCUT2D eigenvalue weighted by Crippen LogP contribution is -2.41. The molecule has 0 saturated carbocycles. The molecule has 3 heterocycles. The second-order valence-corrected chi connectivity index (χ2v) is 7.70. The molecular weight excluding hydrogens is 330 g/mol. The van der Waals surface area contributed by atoms with Gasteiger partial charge in [0.25, 0.3) is 0 Å². The van der Waals surface area contributed by atoms with Gasteiger partial charge in [0.2, 0.25) is 0 Å². The highest BCUT2D eigenvalue weighted by Crippen LogP contribution is 2.26. The molecule has 26 heavy (non-hydrogen) atoms. The minimum atomic E-state index is 0.0120. The summed E-state index contributed by atoms with van der Waals surface area (Å²) in [7, 11) is 0. The Hall–Kier alpha value is -1.67. The van der Waals surface area contributed by atoms with E-state index in [1.807, 2.05) is 28.8 Å². The maximum absolute atomic E-state index is 12.4. The van der Waals surface area contributed by atoms with E-state index in [1.54, 1.807) is 0 Å². The normalized spacial score (nSPS) is 26.1. The van der Waals surface area contributed by atoms with Gasteiger partial charge in [-0.15, -0.1) is 0 Å². The Morgan fingerprint density at radius 1 is 1.23 bits per heavy atom. The number of hydrogen-bond donors (Lipinski definition) is 3. The van der Waals surface area contributed by atoms with Gasteiger partial charge in [0, 0.05) is 50.7 Å². The first-order valence-corrected chi connectivity index (χ1v) is 9.69. The van der Waals surface area contributed by atoms with Crippen molar-refractivity contribution in [2.75, 3.05) is 39.3 Å². The summed E-state index contributed by atoms with van der Waals surface area (Å²) in [4.78, 5) is 17.9. The Kier molecular flexibility index (Phi) is 5.13. The summed E-state index contributed by atoms with van der Waals surface area (Å²) in [6, 6.07) is 8.67. The predicted octanol–water partition coefficient (Wildman–Crippen LogP) is 0.784. The molecule has 7 heteroatoms. The lowest BCUT2D eigenvalue weighted by atomic mass is 9.99. The molecule has 2 atom stereocenters. The number of nitrogens with one attached hydrogen (secondary N) is 2. The Labute approximate surface area is 153 Å². The highest BCUT2D eigenvalue weighted by atomic mass is 16.3. The average molecular weight is 359 g/mol. The summed E-state index contributed by atoms with van der Waals surface area (Å²) < 4.78 is 1.95. The molecule has 2 aromatic rings. The van der Waals surface area contributed by atoms with Gasteiger partial charge in [-0.05, 0) is 31.9 Å². The van der Waals surface area contributed by atoms with Gasteiger partial charge >= 0.3 is 5.69 Å². The van der Waals surface area contributed by atoms with Crippen LogP contribution in [0, 0.1) is 5.92 Å². The van der Waals surface area contributed by atoms with Crippen LogP contribution >= 0.6 is 0 Å². The van der Waals surface area contributed by atoms with E-state index < -0.39 is 0 Å². The van der Waals surface area contributed by atoms with Gasteiger partial charge in [0.1, 0.15) is 0 Å². The quantitative estimate of drug-likeness (QED) is 0.736. The number of imidazole rings is 1. The number of hydrogen-bond acceptors (Lipinski definition) is 5. The van der Waals surface area contributed by atoms with E-state index in [1.165, 1.54) is 0 Å². The van der Waals surface area contributed by atoms with Crippen LogP contribution in [0.1, 0.15) is 25.8 Å². The number of hydrazine groups is 1. The topological polar surface area (TPSA) is 76.5 Å². The van der Waals surface area contributed by atoms with Crippen molar-refractivity contribution in [2.24, 2.45) is 5.92 Å². The third-order valence-corrected chi connectivity index (χ3v) is 5.96. The fourth-order valence-electron chi connectivity index (χ4n) is 4.51. The Morgan fingerprint density at radius 2 is 2.00 bits per heavy atom. The van der Waals surface area contributed by atoms with Crippen LogP contribution in [0.25, 0.3) is 11.0 Å². The number of para-hydroxylation sites is 2. The first-order chi connectivity index (χ1) is 12.7. The lowest BCUT2D eigenvalue weighted by Gasteiger charge is -2.34. The molecule has 142 valence electrons. The first-order valence-electron chi connectivity index (χ1n) is 9.69. The van der Waals surface area contributed by atoms with E-state index in [9.17, 15) is 4.79 Å². The molecule has 1 aromatic carbocycles. The Bertz CT molecular complexity index is 793. The minimum absolute atomic E-state index is 0.0120. The molecule has 0 bridgehead atoms. The first kappa shape index (κ1) is 17.7. The molecule has 0 spiro atoms. The number of aliphatic hydroxyl groups is 1. The van der Waals surface area contributed by atoms with Crippen LogP contribution < -0.4 is 11.1 Å². The number of rotatable bonds is 5. The fourth-order valence-corrected chi connectivity index (χ4v) is 4.51. The number of β-amino-alcohol motifs (C(OH)–C–C–N with tert-alkyl or cyclic N) is 1. The summed E-state index contributed by atoms with van der Waals surface area (Å²) in [6.07, 6.45) is 2.02. The third-order valence-electron chi connectivity index (χ3n) is 5.96. The zero-order valence-corrected chi connectivity index (χ0v) is 15.4. The number of likely N-dealkylation sites (tertiary alicyclic amines) is 1. The van der Waals surface area contributed by atoms with Crippen LogP contribution in [0.15, 0.2) is 29.1 Å². The third kappa shape index (κ3) is 3.44. The highest BCUT2D eigenvalue weighted by Gasteiger charge is 2.32. The van der Waals surface area contributed by atoms with Crippen LogP contribution in [-0.4, -0.2) is 69.9 Å². The van der Waals surface area contributed by atoms with E-state index in [0.29, 0.717) is 18.5 Å². The van der Waals surface area contributed by atoms with Crippen molar-refractivity contribution in [3.8, 4) is 0 Å². The molecular formula is C19H29N5O2. The van der Waals surface area contributed by atoms with Gasteiger partial charge in [0.15, 0.2) is 0 Å². The number of piperidine rings is 1. The van der Waals surface area contributed by atoms with Crippen LogP contribution in [0.5, 0.6) is 0 Å². The maximum atomic E-state index is 12.4. The van der Waals surface area contributed by atoms with Crippen molar-refractivity contribution in [3.05, 3.63) is 34.7 Å². The van der Waals surface area contributed by atoms with Crippen molar-refractivity contribution in [1.82, 2.24) is 24.9 Å². The van der Waals surface area contributed by atoms with Crippen molar-refractivity contribution < 1.29 is 5.11 Å². The Balaban J connectivity index is 1.37. The molecule has 4 rings (SSSR count). The molecule has 2 fully saturated rings. The monoisotopic (exact) mass is 359 g/mol. The number of aromatic amines is 1. The standard InChI is InChI=1S/C19H29N5O2/c1-14-15(13-23(21-14)10-11-25)12-22-8-6-16(7-9-22)24-18-5-3-2-4-17(18)20-19(24)26/h2-5,14-16,21,25H,6-13H2,1H3,(H,20,26). The molecule has 0 radical (unpaired) electrons. The number of benzene rings is 1. The van der Waals surface area contributed by atoms with Gasteiger partial charge in [-0.1, -0.05) is 12.1 Å². The summed E-state index contributed by atoms with van der Waals surface area (Å²) >= 11 is 0. The van der Waals surface area contributed by atoms with Gasteiger partial charge in [-0.25, -0.2) is 9.80 Å². The summed E-state index contributed by atoms with van der Waals surface area (Å²) in [6.45, 7) is 7.22. The van der Waals surface area contributed by atoms with Crippen molar-refractivity contribution in [3.63, 3.8) is 0 Å². The molecule has 2 aliphatic rings. The summed E-state index contributed by atoms with van der Waals surface area (Å²) in [5.74, 6) is 0.578. The van der Waals surface area contributed by atoms with Crippen molar-refractivity contribution >= 4 is 11.0 Å². The van der Waals surface area contributed by atoms with E-state index in [-0.39, 0.29) is 18.3 Å². The molecule has 2 saturated heterocycles. The zero-order chi connectivity index (χ0) is 18.1. The predicted molar refractivity (Wildman–Crippen MR) is 102 cm³/mol. The molecule has 0 aliphatic carbocycles. The van der Waals surface area contributed by atoms with Gasteiger partial charge in [-0.3, -0.25) is 9.99 Å². The average Bonchev–Trinajstić information content (AvgIpc) is 3.15. The second-order valence-electron chi connectivity index (χ2n) is 7.70. The summed E-state index contributed by atoms with van der Waals surface area (Å²) in [5, 5.41) is 11.2. The van der Waals surface area contributed by atoms with Crippen molar-refractivity contribution in [1.29, 1.82) is 0 Å². The van der Waals surface area contributed by atoms with E-state index in [0.717, 1.165) is 50.1 Å². The molecule has 7 nitrogen and oxygen atoms in total. The van der Waals surface area contributed by atoms with Crippen LogP contribution in [-0.2, 0) is 0 Å². The largest absolute Gasteiger partial charge is 0.395 e. The smallest absolute Gasteiger partial charge is 0.326 e. The van der Waals surface area contributed by atoms with Crippen molar-refractivity contribution in [2.45, 2.75) is 31.8 Å². The Morgan fingerprint density at radius 3 is 2.77 bits per heavy atom. The van der Waals surface area contributed by atoms with Crippen LogP contribution in [0.3, 0.4) is 0 Å². The highest BCUT2D eigenvalue weighted by molar-refractivity contribution is 5.75. The summed E-state index contributed by atoms with van der Waals surface area (Å²) in [5.41, 5.74) is 5.41. The maximum Gasteiger partial charge on any atom is 0.326 e. The van der Waals surface area contributed by atoms with Crippen LogP contribution in [0.4, 0.5) is 0 Å². The van der Waals surface area contributed by atoms with Gasteiger partial charge < -0.3 is 15.0 Å². The van der Waals surface area contributed by atoms with E-state index in [4.69, 9.17) is 5.11 Å². The molecule has 3 N–H and O–H groups in total. The van der Waals surface area contributed by atoms with E-state index in [2.05, 4.69) is 27.2 Å². The van der Waals surface area contributed by atoms with Gasteiger partial charge in [0.05, 0.1) is 17.6 Å². The van der Waals surface area contributed by atoms with Gasteiger partial charge in [-0.2, -0.15) is 0 Å². The number of nitrogens with zero attached hydrogens (tertiary/aromatic N) is 3. The molecule has 2 unspecified atom stereocenters. The van der Waals surface area contributed by atoms with Crippen LogP contribution in [0.2, 0.25) is 0 Å². The minimum Gasteiger partial charge on any atom is -0.395 e. The number of aromatic nitrogens is 2. The SMILES string of the molecule is CC1NN(CCO)CC1CN1CCC(n2c(=O)[nH]c3ccccc32)CC1. The zero-order valence-electron chi connectivity index (χ0n) is 15.4. The van der Waals surface area contributed by atoms with E-state index >= 15 is 0 Å². The molecule has 2 aliphatic heterocycles. The molecule has 0 amide bonds. The fraction of sp³-hybridized carbons (Fsp3) is 0.632. The number of aliphatic hydroxyl groups excluding tert-OH is 1.